The van der Waals surface area contributed by atoms with E-state index in [0.29, 0.717) is 38.9 Å². The van der Waals surface area contributed by atoms with E-state index < -0.39 is 0 Å². The zero-order valence-electron chi connectivity index (χ0n) is 16.8. The number of carbonyl (C=O) groups excluding carboxylic acids is 1. The van der Waals surface area contributed by atoms with Crippen LogP contribution < -0.4 is 15.5 Å². The van der Waals surface area contributed by atoms with E-state index in [2.05, 4.69) is 48.2 Å². The van der Waals surface area contributed by atoms with Crippen molar-refractivity contribution in [2.24, 2.45) is 0 Å². The molecule has 3 heterocycles. The summed E-state index contributed by atoms with van der Waals surface area (Å²) in [6.07, 6.45) is 1.90. The number of hydrogen-bond donors (Lipinski definition) is 3. The van der Waals surface area contributed by atoms with Crippen molar-refractivity contribution in [1.82, 2.24) is 15.0 Å². The minimum absolute atomic E-state index is 0.276. The highest BCUT2D eigenvalue weighted by Gasteiger charge is 2.22. The molecule has 3 aromatic rings. The molecule has 1 amide bonds. The second-order valence-corrected chi connectivity index (χ2v) is 9.92. The Morgan fingerprint density at radius 3 is 2.84 bits per heavy atom. The zero-order valence-corrected chi connectivity index (χ0v) is 20.5. The van der Waals surface area contributed by atoms with E-state index in [1.807, 2.05) is 30.9 Å². The predicted molar refractivity (Wildman–Crippen MR) is 132 cm³/mol. The molecule has 1 fully saturated rings. The molecule has 4 rings (SSSR count). The predicted octanol–water partition coefficient (Wildman–Crippen LogP) is 4.37. The van der Waals surface area contributed by atoms with Crippen molar-refractivity contribution < 1.29 is 9.90 Å². The fourth-order valence-corrected chi connectivity index (χ4v) is 5.30. The van der Waals surface area contributed by atoms with Crippen LogP contribution in [-0.4, -0.2) is 45.2 Å². The Morgan fingerprint density at radius 1 is 1.32 bits per heavy atom. The van der Waals surface area contributed by atoms with Crippen molar-refractivity contribution in [1.29, 1.82) is 0 Å². The number of amides is 1. The highest BCUT2D eigenvalue weighted by molar-refractivity contribution is 14.1. The van der Waals surface area contributed by atoms with Gasteiger partial charge in [0.25, 0.3) is 5.91 Å². The van der Waals surface area contributed by atoms with E-state index in [-0.39, 0.29) is 12.0 Å². The summed E-state index contributed by atoms with van der Waals surface area (Å²) >= 11 is 9.70. The van der Waals surface area contributed by atoms with Gasteiger partial charge in [0.15, 0.2) is 5.13 Å². The maximum Gasteiger partial charge on any atom is 0.267 e. The van der Waals surface area contributed by atoms with E-state index in [1.54, 1.807) is 6.07 Å². The number of aromatic nitrogens is 3. The number of halogens is 2. The summed E-state index contributed by atoms with van der Waals surface area (Å²) in [5.74, 6) is 1.67. The molecule has 162 valence electrons. The Morgan fingerprint density at radius 2 is 2.13 bits per heavy atom. The number of aliphatic hydroxyl groups excluding tert-OH is 1. The number of β-amino-alcohol motifs (C(OH)–C–C–N with tert-alkyl or cyclic N) is 1. The molecule has 0 radical (unpaired) electrons. The lowest BCUT2D eigenvalue weighted by molar-refractivity contribution is 0.103. The van der Waals surface area contributed by atoms with E-state index in [1.165, 1.54) is 17.5 Å². The maximum atomic E-state index is 12.7. The molecular formula is C20H20ClIN6O2S. The van der Waals surface area contributed by atoms with Gasteiger partial charge in [-0.05, 0) is 60.6 Å². The first-order valence-electron chi connectivity index (χ1n) is 9.57. The molecule has 1 aliphatic heterocycles. The van der Waals surface area contributed by atoms with Crippen LogP contribution in [0.4, 0.5) is 22.5 Å². The SMILES string of the molecule is Cc1nc(Nc2ncc(C(=O)Nc3c(C)cc(I)cc3Cl)s2)cc(N2CCC(O)C2)n1. The lowest BCUT2D eigenvalue weighted by atomic mass is 10.2. The van der Waals surface area contributed by atoms with Crippen LogP contribution in [0.25, 0.3) is 0 Å². The minimum Gasteiger partial charge on any atom is -0.391 e. The van der Waals surface area contributed by atoms with Gasteiger partial charge < -0.3 is 20.6 Å². The molecule has 3 N–H and O–H groups in total. The smallest absolute Gasteiger partial charge is 0.267 e. The number of aliphatic hydroxyl groups is 1. The molecule has 0 spiro atoms. The van der Waals surface area contributed by atoms with Gasteiger partial charge in [0.1, 0.15) is 22.3 Å². The van der Waals surface area contributed by atoms with Crippen LogP contribution in [0.1, 0.15) is 27.5 Å². The average molecular weight is 571 g/mol. The van der Waals surface area contributed by atoms with E-state index in [0.717, 1.165) is 27.9 Å². The number of hydrogen-bond acceptors (Lipinski definition) is 8. The molecular weight excluding hydrogens is 551 g/mol. The van der Waals surface area contributed by atoms with Gasteiger partial charge in [0.2, 0.25) is 0 Å². The van der Waals surface area contributed by atoms with Gasteiger partial charge in [-0.15, -0.1) is 0 Å². The molecule has 1 unspecified atom stereocenters. The number of anilines is 4. The molecule has 1 aromatic carbocycles. The van der Waals surface area contributed by atoms with Crippen LogP contribution in [0.15, 0.2) is 24.4 Å². The zero-order chi connectivity index (χ0) is 22.1. The largest absolute Gasteiger partial charge is 0.391 e. The van der Waals surface area contributed by atoms with Gasteiger partial charge in [-0.1, -0.05) is 22.9 Å². The van der Waals surface area contributed by atoms with Crippen LogP contribution in [0.5, 0.6) is 0 Å². The van der Waals surface area contributed by atoms with Crippen LogP contribution in [0.3, 0.4) is 0 Å². The summed E-state index contributed by atoms with van der Waals surface area (Å²) < 4.78 is 1.00. The van der Waals surface area contributed by atoms with Crippen LogP contribution in [0.2, 0.25) is 5.02 Å². The van der Waals surface area contributed by atoms with E-state index in [4.69, 9.17) is 11.6 Å². The Bertz CT molecular complexity index is 1120. The summed E-state index contributed by atoms with van der Waals surface area (Å²) in [4.78, 5) is 28.3. The quantitative estimate of drug-likeness (QED) is 0.391. The second-order valence-electron chi connectivity index (χ2n) is 7.24. The molecule has 0 saturated carbocycles. The molecule has 8 nitrogen and oxygen atoms in total. The average Bonchev–Trinajstić information content (AvgIpc) is 3.33. The third kappa shape index (κ3) is 5.25. The molecule has 1 aliphatic rings. The summed E-state index contributed by atoms with van der Waals surface area (Å²) in [7, 11) is 0. The van der Waals surface area contributed by atoms with E-state index in [9.17, 15) is 9.90 Å². The van der Waals surface area contributed by atoms with Gasteiger partial charge in [-0.2, -0.15) is 0 Å². The number of nitrogens with zero attached hydrogens (tertiary/aromatic N) is 4. The Labute approximate surface area is 202 Å². The number of benzene rings is 1. The number of nitrogens with one attached hydrogen (secondary N) is 2. The molecule has 0 bridgehead atoms. The van der Waals surface area contributed by atoms with Gasteiger partial charge in [0, 0.05) is 22.7 Å². The van der Waals surface area contributed by atoms with E-state index >= 15 is 0 Å². The van der Waals surface area contributed by atoms with Crippen molar-refractivity contribution in [3.63, 3.8) is 0 Å². The summed E-state index contributed by atoms with van der Waals surface area (Å²) in [6.45, 7) is 5.02. The molecule has 31 heavy (non-hydrogen) atoms. The molecule has 1 saturated heterocycles. The van der Waals surface area contributed by atoms with Crippen molar-refractivity contribution in [3.05, 3.63) is 49.3 Å². The first-order chi connectivity index (χ1) is 14.8. The third-order valence-corrected chi connectivity index (χ3v) is 6.60. The van der Waals surface area contributed by atoms with Crippen molar-refractivity contribution in [2.45, 2.75) is 26.4 Å². The Hall–Kier alpha value is -2.02. The highest BCUT2D eigenvalue weighted by Crippen LogP contribution is 2.30. The molecule has 2 aromatic heterocycles. The monoisotopic (exact) mass is 570 g/mol. The highest BCUT2D eigenvalue weighted by atomic mass is 127. The number of aryl methyl sites for hydroxylation is 2. The topological polar surface area (TPSA) is 103 Å². The first kappa shape index (κ1) is 22.2. The van der Waals surface area contributed by atoms with Gasteiger partial charge >= 0.3 is 0 Å². The van der Waals surface area contributed by atoms with Crippen molar-refractivity contribution in [3.8, 4) is 0 Å². The van der Waals surface area contributed by atoms with Gasteiger partial charge in [-0.25, -0.2) is 15.0 Å². The molecule has 1 atom stereocenters. The van der Waals surface area contributed by atoms with Crippen LogP contribution in [0, 0.1) is 17.4 Å². The fourth-order valence-electron chi connectivity index (χ4n) is 3.31. The van der Waals surface area contributed by atoms with Crippen LogP contribution >= 0.6 is 45.5 Å². The summed E-state index contributed by atoms with van der Waals surface area (Å²) in [6, 6.07) is 5.58. The van der Waals surface area contributed by atoms with Gasteiger partial charge in [0.05, 0.1) is 23.0 Å². The molecule has 0 aliphatic carbocycles. The number of carbonyl (C=O) groups is 1. The standard InChI is InChI=1S/C20H20ClIN6O2S/c1-10-5-12(22)6-14(21)18(10)27-19(30)15-8-23-20(31-15)26-16-7-17(25-11(2)24-16)28-4-3-13(29)9-28/h5-8,13,29H,3-4,9H2,1-2H3,(H,27,30)(H,23,24,25,26). The van der Waals surface area contributed by atoms with Gasteiger partial charge in [-0.3, -0.25) is 4.79 Å². The van der Waals surface area contributed by atoms with Crippen molar-refractivity contribution in [2.75, 3.05) is 28.6 Å². The van der Waals surface area contributed by atoms with Crippen molar-refractivity contribution >= 4 is 73.9 Å². The maximum absolute atomic E-state index is 12.7. The lowest BCUT2D eigenvalue weighted by Gasteiger charge is -2.17. The lowest BCUT2D eigenvalue weighted by Crippen LogP contribution is -2.22. The molecule has 11 heteroatoms. The summed E-state index contributed by atoms with van der Waals surface area (Å²) in [5.41, 5.74) is 1.49. The first-order valence-corrected chi connectivity index (χ1v) is 11.8. The number of rotatable bonds is 5. The number of thiazole rings is 1. The minimum atomic E-state index is -0.336. The second kappa shape index (κ2) is 9.23. The van der Waals surface area contributed by atoms with Crippen LogP contribution in [-0.2, 0) is 0 Å². The normalized spacial score (nSPS) is 15.9. The fraction of sp³-hybridized carbons (Fsp3) is 0.300. The third-order valence-electron chi connectivity index (χ3n) is 4.77. The Balaban J connectivity index is 1.48. The summed E-state index contributed by atoms with van der Waals surface area (Å²) in [5, 5.41) is 16.8. The Kier molecular flexibility index (Phi) is 6.60.